The van der Waals surface area contributed by atoms with Gasteiger partial charge in [0.15, 0.2) is 0 Å². The van der Waals surface area contributed by atoms with Crippen molar-refractivity contribution in [3.63, 3.8) is 0 Å². The maximum atomic E-state index is 13.2. The molecular formula is C16H23ClFN3O2. The lowest BCUT2D eigenvalue weighted by atomic mass is 10.2. The van der Waals surface area contributed by atoms with Crippen molar-refractivity contribution in [2.75, 3.05) is 32.7 Å². The zero-order chi connectivity index (χ0) is 15.9. The lowest BCUT2D eigenvalue weighted by molar-refractivity contribution is -0.131. The molecular weight excluding hydrogens is 321 g/mol. The molecule has 0 spiro atoms. The van der Waals surface area contributed by atoms with Gasteiger partial charge in [-0.15, -0.1) is 12.4 Å². The third-order valence-electron chi connectivity index (χ3n) is 3.80. The predicted molar refractivity (Wildman–Crippen MR) is 89.0 cm³/mol. The fourth-order valence-corrected chi connectivity index (χ4v) is 2.59. The summed E-state index contributed by atoms with van der Waals surface area (Å²) in [6.07, 6.45) is 1.87. The maximum absolute atomic E-state index is 13.2. The van der Waals surface area contributed by atoms with Gasteiger partial charge in [0.25, 0.3) is 5.91 Å². The lowest BCUT2D eigenvalue weighted by Gasteiger charge is -2.22. The van der Waals surface area contributed by atoms with Gasteiger partial charge < -0.3 is 15.5 Å². The number of carbonyl (C=O) groups is 2. The molecule has 1 saturated heterocycles. The van der Waals surface area contributed by atoms with Crippen LogP contribution in [0.5, 0.6) is 0 Å². The molecule has 1 aliphatic heterocycles. The molecule has 23 heavy (non-hydrogen) atoms. The molecule has 2 N–H and O–H groups in total. The first-order valence-corrected chi connectivity index (χ1v) is 7.64. The Kier molecular flexibility index (Phi) is 7.98. The molecule has 0 bridgehead atoms. The summed E-state index contributed by atoms with van der Waals surface area (Å²) in [5.41, 5.74) is 5.77. The number of nitrogens with zero attached hydrogens (tertiary/aromatic N) is 2. The minimum absolute atomic E-state index is 0. The minimum Gasteiger partial charge on any atom is -0.341 e. The summed E-state index contributed by atoms with van der Waals surface area (Å²) >= 11 is 0. The average Bonchev–Trinajstić information content (AvgIpc) is 2.78. The molecule has 0 atom stereocenters. The van der Waals surface area contributed by atoms with E-state index >= 15 is 0 Å². The molecule has 128 valence electrons. The van der Waals surface area contributed by atoms with E-state index in [1.54, 1.807) is 15.9 Å². The highest BCUT2D eigenvalue weighted by molar-refractivity contribution is 5.94. The molecule has 0 aromatic heterocycles. The quantitative estimate of drug-likeness (QED) is 0.904. The predicted octanol–water partition coefficient (Wildman–Crippen LogP) is 1.66. The first-order valence-electron chi connectivity index (χ1n) is 7.64. The van der Waals surface area contributed by atoms with E-state index in [0.29, 0.717) is 51.1 Å². The van der Waals surface area contributed by atoms with Crippen molar-refractivity contribution in [3.8, 4) is 0 Å². The van der Waals surface area contributed by atoms with Crippen LogP contribution >= 0.6 is 12.4 Å². The molecule has 2 rings (SSSR count). The number of rotatable bonds is 4. The Morgan fingerprint density at radius 1 is 1.13 bits per heavy atom. The molecule has 0 aliphatic carbocycles. The standard InChI is InChI=1S/C16H22FN3O2.ClH/c17-14-5-1-4-13(12-14)16(22)20-9-3-8-19(10-11-20)15(21)6-2-7-18;/h1,4-5,12H,2-3,6-11,18H2;1H. The maximum Gasteiger partial charge on any atom is 0.254 e. The fraction of sp³-hybridized carbons (Fsp3) is 0.500. The Balaban J connectivity index is 0.00000264. The van der Waals surface area contributed by atoms with Crippen molar-refractivity contribution in [3.05, 3.63) is 35.6 Å². The van der Waals surface area contributed by atoms with Gasteiger partial charge in [-0.3, -0.25) is 9.59 Å². The third-order valence-corrected chi connectivity index (χ3v) is 3.80. The van der Waals surface area contributed by atoms with Crippen LogP contribution in [0, 0.1) is 5.82 Å². The van der Waals surface area contributed by atoms with E-state index in [-0.39, 0.29) is 24.2 Å². The minimum atomic E-state index is -0.417. The van der Waals surface area contributed by atoms with Gasteiger partial charge in [0.05, 0.1) is 0 Å². The Bertz CT molecular complexity index is 542. The molecule has 0 unspecified atom stereocenters. The number of hydrogen-bond donors (Lipinski definition) is 1. The van der Waals surface area contributed by atoms with E-state index in [1.165, 1.54) is 18.2 Å². The van der Waals surface area contributed by atoms with Crippen molar-refractivity contribution in [2.45, 2.75) is 19.3 Å². The number of hydrogen-bond acceptors (Lipinski definition) is 3. The monoisotopic (exact) mass is 343 g/mol. The van der Waals surface area contributed by atoms with Gasteiger partial charge in [0, 0.05) is 38.2 Å². The molecule has 2 amide bonds. The molecule has 0 radical (unpaired) electrons. The first kappa shape index (κ1) is 19.4. The molecule has 1 heterocycles. The molecule has 1 aliphatic rings. The highest BCUT2D eigenvalue weighted by Crippen LogP contribution is 2.11. The van der Waals surface area contributed by atoms with E-state index < -0.39 is 5.82 Å². The van der Waals surface area contributed by atoms with Crippen LogP contribution in [0.3, 0.4) is 0 Å². The van der Waals surface area contributed by atoms with Crippen LogP contribution in [0.1, 0.15) is 29.6 Å². The van der Waals surface area contributed by atoms with Gasteiger partial charge in [-0.25, -0.2) is 4.39 Å². The van der Waals surface area contributed by atoms with Gasteiger partial charge >= 0.3 is 0 Å². The van der Waals surface area contributed by atoms with Crippen LogP contribution in [0.2, 0.25) is 0 Å². The van der Waals surface area contributed by atoms with E-state index in [1.807, 2.05) is 0 Å². The van der Waals surface area contributed by atoms with E-state index in [0.717, 1.165) is 6.42 Å². The summed E-state index contributed by atoms with van der Waals surface area (Å²) in [6, 6.07) is 5.71. The Morgan fingerprint density at radius 2 is 1.83 bits per heavy atom. The summed E-state index contributed by atoms with van der Waals surface area (Å²) in [7, 11) is 0. The smallest absolute Gasteiger partial charge is 0.254 e. The average molecular weight is 344 g/mol. The lowest BCUT2D eigenvalue weighted by Crippen LogP contribution is -2.37. The summed E-state index contributed by atoms with van der Waals surface area (Å²) in [5.74, 6) is -0.513. The Morgan fingerprint density at radius 3 is 2.52 bits per heavy atom. The SMILES string of the molecule is Cl.NCCCC(=O)N1CCCN(C(=O)c2cccc(F)c2)CC1. The second kappa shape index (κ2) is 9.47. The van der Waals surface area contributed by atoms with Crippen LogP contribution in [-0.2, 0) is 4.79 Å². The molecule has 1 aromatic carbocycles. The molecule has 7 heteroatoms. The van der Waals surface area contributed by atoms with Crippen LogP contribution < -0.4 is 5.73 Å². The van der Waals surface area contributed by atoms with Crippen molar-refractivity contribution < 1.29 is 14.0 Å². The second-order valence-corrected chi connectivity index (χ2v) is 5.43. The van der Waals surface area contributed by atoms with Gasteiger partial charge in [-0.05, 0) is 37.6 Å². The molecule has 0 saturated carbocycles. The topological polar surface area (TPSA) is 66.6 Å². The largest absolute Gasteiger partial charge is 0.341 e. The van der Waals surface area contributed by atoms with E-state index in [9.17, 15) is 14.0 Å². The summed E-state index contributed by atoms with van der Waals surface area (Å²) in [4.78, 5) is 27.9. The Hall–Kier alpha value is -1.66. The van der Waals surface area contributed by atoms with E-state index in [2.05, 4.69) is 0 Å². The molecule has 5 nitrogen and oxygen atoms in total. The normalized spacial score (nSPS) is 14.9. The summed E-state index contributed by atoms with van der Waals surface area (Å²) in [6.45, 7) is 2.73. The highest BCUT2D eigenvalue weighted by Gasteiger charge is 2.22. The van der Waals surface area contributed by atoms with Crippen molar-refractivity contribution in [2.24, 2.45) is 5.73 Å². The van der Waals surface area contributed by atoms with E-state index in [4.69, 9.17) is 5.73 Å². The zero-order valence-corrected chi connectivity index (χ0v) is 13.9. The van der Waals surface area contributed by atoms with Crippen LogP contribution in [0.25, 0.3) is 0 Å². The highest BCUT2D eigenvalue weighted by atomic mass is 35.5. The van der Waals surface area contributed by atoms with Crippen LogP contribution in [0.4, 0.5) is 4.39 Å². The van der Waals surface area contributed by atoms with Gasteiger partial charge in [0.2, 0.25) is 5.91 Å². The van der Waals surface area contributed by atoms with Crippen molar-refractivity contribution in [1.82, 2.24) is 9.80 Å². The van der Waals surface area contributed by atoms with Crippen molar-refractivity contribution in [1.29, 1.82) is 0 Å². The van der Waals surface area contributed by atoms with Gasteiger partial charge in [0.1, 0.15) is 5.82 Å². The van der Waals surface area contributed by atoms with Crippen LogP contribution in [0.15, 0.2) is 24.3 Å². The summed E-state index contributed by atoms with van der Waals surface area (Å²) < 4.78 is 13.2. The zero-order valence-electron chi connectivity index (χ0n) is 13.0. The second-order valence-electron chi connectivity index (χ2n) is 5.43. The number of nitrogens with two attached hydrogens (primary N) is 1. The summed E-state index contributed by atoms with van der Waals surface area (Å²) in [5, 5.41) is 0. The number of carbonyl (C=O) groups excluding carboxylic acids is 2. The Labute approximate surface area is 142 Å². The van der Waals surface area contributed by atoms with Crippen LogP contribution in [-0.4, -0.2) is 54.3 Å². The fourth-order valence-electron chi connectivity index (χ4n) is 2.59. The molecule has 1 aromatic rings. The number of amides is 2. The molecule has 1 fully saturated rings. The first-order chi connectivity index (χ1) is 10.6. The van der Waals surface area contributed by atoms with Gasteiger partial charge in [-0.1, -0.05) is 6.07 Å². The van der Waals surface area contributed by atoms with Crippen molar-refractivity contribution >= 4 is 24.2 Å². The number of benzene rings is 1. The number of halogens is 2. The van der Waals surface area contributed by atoms with Gasteiger partial charge in [-0.2, -0.15) is 0 Å². The third kappa shape index (κ3) is 5.48.